The van der Waals surface area contributed by atoms with Crippen LogP contribution in [0.15, 0.2) is 60.7 Å². The Balaban J connectivity index is 1.71. The maximum absolute atomic E-state index is 13.0. The predicted octanol–water partition coefficient (Wildman–Crippen LogP) is 4.17. The van der Waals surface area contributed by atoms with Gasteiger partial charge in [-0.1, -0.05) is 61.0 Å². The molecule has 4 rings (SSSR count). The molecule has 0 amide bonds. The lowest BCUT2D eigenvalue weighted by Gasteiger charge is -2.09. The fourth-order valence-electron chi connectivity index (χ4n) is 3.26. The molecule has 2 aromatic carbocycles. The third-order valence-corrected chi connectivity index (χ3v) is 4.90. The summed E-state index contributed by atoms with van der Waals surface area (Å²) in [5.41, 5.74) is 3.02. The highest BCUT2D eigenvalue weighted by molar-refractivity contribution is 6.30. The Morgan fingerprint density at radius 1 is 1.07 bits per heavy atom. The monoisotopic (exact) mass is 380 g/mol. The summed E-state index contributed by atoms with van der Waals surface area (Å²) in [5, 5.41) is 5.18. The van der Waals surface area contributed by atoms with Gasteiger partial charge in [0.2, 0.25) is 11.8 Å². The molecular weight excluding hydrogens is 364 g/mol. The van der Waals surface area contributed by atoms with E-state index in [0.29, 0.717) is 22.7 Å². The second-order valence-electron chi connectivity index (χ2n) is 6.36. The molecule has 0 radical (unpaired) electrons. The molecule has 0 N–H and O–H groups in total. The number of ether oxygens (including phenoxy) is 1. The number of ketones is 1. The van der Waals surface area contributed by atoms with Crippen LogP contribution < -0.4 is 0 Å². The second-order valence-corrected chi connectivity index (χ2v) is 6.79. The lowest BCUT2D eigenvalue weighted by Crippen LogP contribution is -2.24. The average Bonchev–Trinajstić information content (AvgIpc) is 3.23. The van der Waals surface area contributed by atoms with E-state index in [1.807, 2.05) is 43.3 Å². The van der Waals surface area contributed by atoms with Crippen LogP contribution in [0.1, 0.15) is 30.3 Å². The first kappa shape index (κ1) is 17.5. The van der Waals surface area contributed by atoms with Crippen molar-refractivity contribution in [2.24, 2.45) is 0 Å². The number of rotatable bonds is 4. The van der Waals surface area contributed by atoms with E-state index in [1.165, 1.54) is 4.68 Å². The van der Waals surface area contributed by atoms with Crippen molar-refractivity contribution >= 4 is 23.4 Å². The Kier molecular flexibility index (Phi) is 4.54. The third kappa shape index (κ3) is 3.15. The largest absolute Gasteiger partial charge is 0.447 e. The first-order valence-corrected chi connectivity index (χ1v) is 9.10. The summed E-state index contributed by atoms with van der Waals surface area (Å²) >= 11 is 5.95. The highest BCUT2D eigenvalue weighted by Crippen LogP contribution is 2.34. The van der Waals surface area contributed by atoms with Crippen molar-refractivity contribution in [3.63, 3.8) is 0 Å². The maximum Gasteiger partial charge on any atom is 0.339 e. The SMILES string of the molecule is CCc1cc(-c2ccc(Cl)cc2)nn1C1C(=O)OC(c2ccccc2)C1=O. The Hall–Kier alpha value is -2.92. The van der Waals surface area contributed by atoms with E-state index in [9.17, 15) is 9.59 Å². The number of nitrogens with zero attached hydrogens (tertiary/aromatic N) is 2. The molecule has 0 bridgehead atoms. The molecule has 3 aromatic rings. The molecule has 1 aliphatic heterocycles. The van der Waals surface area contributed by atoms with Gasteiger partial charge in [0, 0.05) is 21.8 Å². The van der Waals surface area contributed by atoms with Crippen molar-refractivity contribution in [2.45, 2.75) is 25.5 Å². The van der Waals surface area contributed by atoms with E-state index in [-0.39, 0.29) is 5.78 Å². The molecule has 1 aliphatic rings. The fourth-order valence-corrected chi connectivity index (χ4v) is 3.39. The van der Waals surface area contributed by atoms with Crippen molar-refractivity contribution in [1.82, 2.24) is 9.78 Å². The smallest absolute Gasteiger partial charge is 0.339 e. The molecule has 136 valence electrons. The zero-order chi connectivity index (χ0) is 19.0. The Labute approximate surface area is 161 Å². The Bertz CT molecular complexity index is 996. The van der Waals surface area contributed by atoms with Gasteiger partial charge < -0.3 is 4.74 Å². The van der Waals surface area contributed by atoms with Gasteiger partial charge in [-0.15, -0.1) is 0 Å². The molecule has 0 spiro atoms. The summed E-state index contributed by atoms with van der Waals surface area (Å²) in [5.74, 6) is -0.874. The van der Waals surface area contributed by atoms with Crippen LogP contribution in [0, 0.1) is 0 Å². The number of benzene rings is 2. The highest BCUT2D eigenvalue weighted by Gasteiger charge is 2.46. The summed E-state index contributed by atoms with van der Waals surface area (Å²) in [7, 11) is 0. The molecule has 2 atom stereocenters. The number of hydrogen-bond donors (Lipinski definition) is 0. The van der Waals surface area contributed by atoms with Crippen molar-refractivity contribution in [3.05, 3.63) is 76.9 Å². The van der Waals surface area contributed by atoms with Crippen LogP contribution in [0.4, 0.5) is 0 Å². The molecule has 2 heterocycles. The van der Waals surface area contributed by atoms with Crippen molar-refractivity contribution in [3.8, 4) is 11.3 Å². The van der Waals surface area contributed by atoms with Crippen LogP contribution in [0.25, 0.3) is 11.3 Å². The summed E-state index contributed by atoms with van der Waals surface area (Å²) in [6.07, 6.45) is -0.259. The van der Waals surface area contributed by atoms with Gasteiger partial charge in [-0.3, -0.25) is 4.79 Å². The number of aromatic nitrogens is 2. The molecule has 0 aliphatic carbocycles. The predicted molar refractivity (Wildman–Crippen MR) is 101 cm³/mol. The third-order valence-electron chi connectivity index (χ3n) is 4.65. The first-order chi connectivity index (χ1) is 13.1. The number of esters is 1. The number of carbonyl (C=O) groups excluding carboxylic acids is 2. The van der Waals surface area contributed by atoms with Gasteiger partial charge in [-0.2, -0.15) is 5.10 Å². The normalized spacial score (nSPS) is 19.3. The summed E-state index contributed by atoms with van der Waals surface area (Å²) in [6, 6.07) is 17.1. The minimum atomic E-state index is -1.06. The van der Waals surface area contributed by atoms with Gasteiger partial charge in [0.1, 0.15) is 0 Å². The van der Waals surface area contributed by atoms with Crippen LogP contribution >= 0.6 is 11.6 Å². The van der Waals surface area contributed by atoms with Crippen LogP contribution in [0.2, 0.25) is 5.02 Å². The quantitative estimate of drug-likeness (QED) is 0.503. The number of Topliss-reactive ketones (excluding diaryl/α,β-unsaturated/α-hetero) is 1. The molecule has 0 saturated carbocycles. The van der Waals surface area contributed by atoms with Crippen LogP contribution in [-0.2, 0) is 20.7 Å². The highest BCUT2D eigenvalue weighted by atomic mass is 35.5. The summed E-state index contributed by atoms with van der Waals surface area (Å²) in [6.45, 7) is 1.96. The topological polar surface area (TPSA) is 61.2 Å². The van der Waals surface area contributed by atoms with Gasteiger partial charge in [0.05, 0.1) is 5.69 Å². The lowest BCUT2D eigenvalue weighted by atomic mass is 10.0. The molecule has 2 unspecified atom stereocenters. The van der Waals surface area contributed by atoms with Gasteiger partial charge in [0.15, 0.2) is 6.10 Å². The Morgan fingerprint density at radius 3 is 2.44 bits per heavy atom. The van der Waals surface area contributed by atoms with Crippen molar-refractivity contribution in [2.75, 3.05) is 0 Å². The standard InChI is InChI=1S/C21H17ClN2O3/c1-2-16-12-17(13-8-10-15(22)11-9-13)23-24(16)18-19(25)20(27-21(18)26)14-6-4-3-5-7-14/h3-12,18,20H,2H2,1H3. The molecule has 5 nitrogen and oxygen atoms in total. The number of aryl methyl sites for hydroxylation is 1. The van der Waals surface area contributed by atoms with E-state index in [0.717, 1.165) is 11.3 Å². The van der Waals surface area contributed by atoms with E-state index >= 15 is 0 Å². The van der Waals surface area contributed by atoms with Gasteiger partial charge in [-0.05, 0) is 24.6 Å². The summed E-state index contributed by atoms with van der Waals surface area (Å²) in [4.78, 5) is 25.5. The van der Waals surface area contributed by atoms with Crippen LogP contribution in [0.5, 0.6) is 0 Å². The zero-order valence-electron chi connectivity index (χ0n) is 14.6. The maximum atomic E-state index is 13.0. The fraction of sp³-hybridized carbons (Fsp3) is 0.190. The number of carbonyl (C=O) groups is 2. The van der Waals surface area contributed by atoms with Crippen molar-refractivity contribution in [1.29, 1.82) is 0 Å². The van der Waals surface area contributed by atoms with Gasteiger partial charge in [-0.25, -0.2) is 9.48 Å². The molecule has 1 aromatic heterocycles. The number of hydrogen-bond acceptors (Lipinski definition) is 4. The minimum absolute atomic E-state index is 0.299. The van der Waals surface area contributed by atoms with Gasteiger partial charge in [0.25, 0.3) is 0 Å². The summed E-state index contributed by atoms with van der Waals surface area (Å²) < 4.78 is 6.89. The molecule has 27 heavy (non-hydrogen) atoms. The van der Waals surface area contributed by atoms with E-state index in [1.54, 1.807) is 24.3 Å². The van der Waals surface area contributed by atoms with Crippen LogP contribution in [0.3, 0.4) is 0 Å². The van der Waals surface area contributed by atoms with Gasteiger partial charge >= 0.3 is 5.97 Å². The Morgan fingerprint density at radius 2 is 1.78 bits per heavy atom. The molecule has 1 saturated heterocycles. The van der Waals surface area contributed by atoms with E-state index < -0.39 is 18.1 Å². The first-order valence-electron chi connectivity index (χ1n) is 8.72. The van der Waals surface area contributed by atoms with Crippen molar-refractivity contribution < 1.29 is 14.3 Å². The minimum Gasteiger partial charge on any atom is -0.447 e. The molecular formula is C21H17ClN2O3. The number of halogens is 1. The second kappa shape index (κ2) is 7.00. The van der Waals surface area contributed by atoms with E-state index in [2.05, 4.69) is 5.10 Å². The average molecular weight is 381 g/mol. The zero-order valence-corrected chi connectivity index (χ0v) is 15.4. The molecule has 6 heteroatoms. The van der Waals surface area contributed by atoms with E-state index in [4.69, 9.17) is 16.3 Å². The molecule has 1 fully saturated rings. The number of cyclic esters (lactones) is 1. The van der Waals surface area contributed by atoms with Crippen LogP contribution in [-0.4, -0.2) is 21.5 Å². The lowest BCUT2D eigenvalue weighted by molar-refractivity contribution is -0.144.